The van der Waals surface area contributed by atoms with E-state index in [2.05, 4.69) is 26.5 Å². The van der Waals surface area contributed by atoms with E-state index < -0.39 is 10.0 Å². The summed E-state index contributed by atoms with van der Waals surface area (Å²) in [6, 6.07) is 14.0. The zero-order valence-electron chi connectivity index (χ0n) is 17.2. The molecule has 0 atom stereocenters. The molecule has 0 spiro atoms. The molecule has 3 rings (SSSR count). The molecular formula is C21H25BrN4O4S. The number of ether oxygens (including phenoxy) is 1. The molecule has 0 saturated carbocycles. The van der Waals surface area contributed by atoms with E-state index in [1.54, 1.807) is 30.5 Å². The van der Waals surface area contributed by atoms with Gasteiger partial charge in [0.25, 0.3) is 5.91 Å². The summed E-state index contributed by atoms with van der Waals surface area (Å²) in [6.45, 7) is 4.31. The van der Waals surface area contributed by atoms with E-state index in [1.165, 1.54) is 4.31 Å². The summed E-state index contributed by atoms with van der Waals surface area (Å²) in [6.07, 6.45) is 1.57. The van der Waals surface area contributed by atoms with Gasteiger partial charge < -0.3 is 4.74 Å². The van der Waals surface area contributed by atoms with E-state index in [0.717, 1.165) is 15.8 Å². The van der Waals surface area contributed by atoms with Crippen molar-refractivity contribution in [3.8, 4) is 5.75 Å². The fraction of sp³-hybridized carbons (Fsp3) is 0.333. The Bertz CT molecular complexity index is 1000. The van der Waals surface area contributed by atoms with Crippen molar-refractivity contribution in [1.82, 2.24) is 14.6 Å². The van der Waals surface area contributed by atoms with Gasteiger partial charge >= 0.3 is 0 Å². The number of halogens is 1. The van der Waals surface area contributed by atoms with Crippen LogP contribution in [-0.2, 0) is 14.8 Å². The number of carbonyl (C=O) groups excluding carboxylic acids is 1. The topological polar surface area (TPSA) is 91.3 Å². The van der Waals surface area contributed by atoms with Gasteiger partial charge in [-0.15, -0.1) is 0 Å². The van der Waals surface area contributed by atoms with E-state index in [-0.39, 0.29) is 17.3 Å². The van der Waals surface area contributed by atoms with Gasteiger partial charge in [-0.2, -0.15) is 9.41 Å². The Morgan fingerprint density at radius 2 is 1.74 bits per heavy atom. The van der Waals surface area contributed by atoms with Gasteiger partial charge in [0, 0.05) is 30.7 Å². The fourth-order valence-corrected chi connectivity index (χ4v) is 4.80. The number of piperazine rings is 1. The first-order chi connectivity index (χ1) is 14.9. The number of nitrogens with one attached hydrogen (secondary N) is 1. The molecule has 1 fully saturated rings. The van der Waals surface area contributed by atoms with Crippen LogP contribution in [0.25, 0.3) is 0 Å². The quantitative estimate of drug-likeness (QED) is 0.436. The molecule has 1 aliphatic rings. The Morgan fingerprint density at radius 1 is 1.10 bits per heavy atom. The predicted molar refractivity (Wildman–Crippen MR) is 123 cm³/mol. The average Bonchev–Trinajstić information content (AvgIpc) is 2.76. The molecule has 2 aromatic rings. The molecular weight excluding hydrogens is 484 g/mol. The standard InChI is InChI=1S/C21H25BrN4O4S/c1-2-30-19-7-3-17(4-8-19)15-23-24-21(27)16-25-11-13-26(14-12-25)31(28,29)20-9-5-18(22)6-10-20/h3-10,15H,2,11-14,16H2,1H3,(H,24,27)/b23-15+. The highest BCUT2D eigenvalue weighted by Crippen LogP contribution is 2.20. The van der Waals surface area contributed by atoms with Gasteiger partial charge in [-0.05, 0) is 61.0 Å². The molecule has 0 aromatic heterocycles. The summed E-state index contributed by atoms with van der Waals surface area (Å²) in [5.74, 6) is 0.538. The third-order valence-corrected chi connectivity index (χ3v) is 7.19. The summed E-state index contributed by atoms with van der Waals surface area (Å²) in [5, 5.41) is 3.98. The summed E-state index contributed by atoms with van der Waals surface area (Å²) >= 11 is 3.31. The highest BCUT2D eigenvalue weighted by molar-refractivity contribution is 9.10. The second-order valence-electron chi connectivity index (χ2n) is 6.93. The molecule has 1 N–H and O–H groups in total. The average molecular weight is 509 g/mol. The molecule has 1 aliphatic heterocycles. The number of benzene rings is 2. The van der Waals surface area contributed by atoms with Crippen LogP contribution in [0.15, 0.2) is 63.0 Å². The van der Waals surface area contributed by atoms with Gasteiger partial charge in [-0.25, -0.2) is 13.8 Å². The largest absolute Gasteiger partial charge is 0.494 e. The lowest BCUT2D eigenvalue weighted by Gasteiger charge is -2.33. The second kappa shape index (κ2) is 10.9. The van der Waals surface area contributed by atoms with Crippen LogP contribution in [0.4, 0.5) is 0 Å². The minimum Gasteiger partial charge on any atom is -0.494 e. The van der Waals surface area contributed by atoms with Gasteiger partial charge in [0.05, 0.1) is 24.3 Å². The number of nitrogens with zero attached hydrogens (tertiary/aromatic N) is 3. The fourth-order valence-electron chi connectivity index (χ4n) is 3.12. The van der Waals surface area contributed by atoms with Crippen molar-refractivity contribution < 1.29 is 17.9 Å². The summed E-state index contributed by atoms with van der Waals surface area (Å²) in [7, 11) is -3.53. The van der Waals surface area contributed by atoms with Crippen LogP contribution >= 0.6 is 15.9 Å². The van der Waals surface area contributed by atoms with Crippen molar-refractivity contribution in [3.63, 3.8) is 0 Å². The Hall–Kier alpha value is -2.27. The molecule has 1 saturated heterocycles. The SMILES string of the molecule is CCOc1ccc(/C=N/NC(=O)CN2CCN(S(=O)(=O)c3ccc(Br)cc3)CC2)cc1. The van der Waals surface area contributed by atoms with E-state index >= 15 is 0 Å². The third kappa shape index (κ3) is 6.60. The molecule has 1 heterocycles. The highest BCUT2D eigenvalue weighted by Gasteiger charge is 2.28. The van der Waals surface area contributed by atoms with Crippen molar-refractivity contribution in [1.29, 1.82) is 0 Å². The lowest BCUT2D eigenvalue weighted by Crippen LogP contribution is -2.50. The number of hydrogen-bond acceptors (Lipinski definition) is 6. The van der Waals surface area contributed by atoms with Crippen molar-refractivity contribution in [2.24, 2.45) is 5.10 Å². The van der Waals surface area contributed by atoms with Crippen molar-refractivity contribution in [2.75, 3.05) is 39.3 Å². The first-order valence-corrected chi connectivity index (χ1v) is 12.1. The maximum atomic E-state index is 12.7. The Kier molecular flexibility index (Phi) is 8.19. The molecule has 0 aliphatic carbocycles. The number of rotatable bonds is 8. The number of carbonyl (C=O) groups is 1. The molecule has 31 heavy (non-hydrogen) atoms. The van der Waals surface area contributed by atoms with E-state index in [0.29, 0.717) is 32.8 Å². The zero-order chi connectivity index (χ0) is 22.3. The van der Waals surface area contributed by atoms with E-state index in [9.17, 15) is 13.2 Å². The van der Waals surface area contributed by atoms with Gasteiger partial charge in [-0.1, -0.05) is 15.9 Å². The van der Waals surface area contributed by atoms with Gasteiger partial charge in [0.1, 0.15) is 5.75 Å². The first-order valence-electron chi connectivity index (χ1n) is 9.91. The van der Waals surface area contributed by atoms with Crippen LogP contribution < -0.4 is 10.2 Å². The van der Waals surface area contributed by atoms with Crippen LogP contribution in [0.3, 0.4) is 0 Å². The van der Waals surface area contributed by atoms with Crippen molar-refractivity contribution in [2.45, 2.75) is 11.8 Å². The Balaban J connectivity index is 1.45. The van der Waals surface area contributed by atoms with Gasteiger partial charge in [0.15, 0.2) is 0 Å². The molecule has 2 aromatic carbocycles. The molecule has 0 bridgehead atoms. The second-order valence-corrected chi connectivity index (χ2v) is 9.78. The Morgan fingerprint density at radius 3 is 2.35 bits per heavy atom. The Labute approximate surface area is 191 Å². The van der Waals surface area contributed by atoms with Crippen LogP contribution in [0.1, 0.15) is 12.5 Å². The normalized spacial score (nSPS) is 15.8. The van der Waals surface area contributed by atoms with Gasteiger partial charge in [0.2, 0.25) is 10.0 Å². The number of hydrogen-bond donors (Lipinski definition) is 1. The smallest absolute Gasteiger partial charge is 0.254 e. The highest BCUT2D eigenvalue weighted by atomic mass is 79.9. The third-order valence-electron chi connectivity index (χ3n) is 4.74. The molecule has 0 radical (unpaired) electrons. The number of hydrazone groups is 1. The molecule has 0 unspecified atom stereocenters. The van der Waals surface area contributed by atoms with E-state index in [1.807, 2.05) is 36.1 Å². The van der Waals surface area contributed by atoms with Crippen LogP contribution in [0, 0.1) is 0 Å². The lowest BCUT2D eigenvalue weighted by molar-refractivity contribution is -0.122. The van der Waals surface area contributed by atoms with Crippen LogP contribution in [-0.4, -0.2) is 69.1 Å². The van der Waals surface area contributed by atoms with Crippen LogP contribution in [0.2, 0.25) is 0 Å². The maximum absolute atomic E-state index is 12.7. The van der Waals surface area contributed by atoms with Crippen molar-refractivity contribution in [3.05, 3.63) is 58.6 Å². The lowest BCUT2D eigenvalue weighted by atomic mass is 10.2. The minimum atomic E-state index is -3.53. The summed E-state index contributed by atoms with van der Waals surface area (Å²) < 4.78 is 33.2. The van der Waals surface area contributed by atoms with Crippen LogP contribution in [0.5, 0.6) is 5.75 Å². The van der Waals surface area contributed by atoms with Crippen molar-refractivity contribution >= 4 is 38.1 Å². The van der Waals surface area contributed by atoms with E-state index in [4.69, 9.17) is 4.74 Å². The summed E-state index contributed by atoms with van der Waals surface area (Å²) in [4.78, 5) is 14.3. The molecule has 8 nitrogen and oxygen atoms in total. The maximum Gasteiger partial charge on any atom is 0.254 e. The zero-order valence-corrected chi connectivity index (χ0v) is 19.6. The number of amides is 1. The number of sulfonamides is 1. The van der Waals surface area contributed by atoms with Gasteiger partial charge in [-0.3, -0.25) is 9.69 Å². The molecule has 1 amide bonds. The predicted octanol–water partition coefficient (Wildman–Crippen LogP) is 2.30. The minimum absolute atomic E-state index is 0.160. The first kappa shape index (κ1) is 23.4. The summed E-state index contributed by atoms with van der Waals surface area (Å²) in [5.41, 5.74) is 3.36. The monoisotopic (exact) mass is 508 g/mol. The molecule has 166 valence electrons. The molecule has 10 heteroatoms.